The molecule has 98 valence electrons. The summed E-state index contributed by atoms with van der Waals surface area (Å²) in [4.78, 5) is 11.5. The van der Waals surface area contributed by atoms with E-state index in [1.807, 2.05) is 0 Å². The first-order chi connectivity index (χ1) is 8.63. The fourth-order valence-corrected chi connectivity index (χ4v) is 1.84. The summed E-state index contributed by atoms with van der Waals surface area (Å²) in [5.74, 6) is 0.0237. The molecule has 1 aromatic rings. The first-order valence-electron chi connectivity index (χ1n) is 5.40. The van der Waals surface area contributed by atoms with Crippen LogP contribution in [0, 0.1) is 0 Å². The molecule has 0 aromatic heterocycles. The van der Waals surface area contributed by atoms with Crippen LogP contribution in [-0.2, 0) is 9.53 Å². The average Bonchev–Trinajstić information content (AvgIpc) is 2.40. The topological polar surface area (TPSA) is 35.5 Å². The highest BCUT2D eigenvalue weighted by Crippen LogP contribution is 2.27. The van der Waals surface area contributed by atoms with Gasteiger partial charge in [0.2, 0.25) is 0 Å². The summed E-state index contributed by atoms with van der Waals surface area (Å²) in [5, 5.41) is 0. The quantitative estimate of drug-likeness (QED) is 0.617. The fourth-order valence-electron chi connectivity index (χ4n) is 1.39. The summed E-state index contributed by atoms with van der Waals surface area (Å²) in [6.45, 7) is 1.16. The van der Waals surface area contributed by atoms with E-state index in [2.05, 4.69) is 15.9 Å². The van der Waals surface area contributed by atoms with Crippen LogP contribution in [0.25, 0.3) is 5.57 Å². The Morgan fingerprint density at radius 1 is 1.44 bits per heavy atom. The van der Waals surface area contributed by atoms with Crippen molar-refractivity contribution < 1.29 is 18.7 Å². The van der Waals surface area contributed by atoms with E-state index in [9.17, 15) is 9.18 Å². The first kappa shape index (κ1) is 14.7. The third kappa shape index (κ3) is 3.57. The number of hydrogen-bond acceptors (Lipinski definition) is 3. The predicted molar refractivity (Wildman–Crippen MR) is 71.4 cm³/mol. The van der Waals surface area contributed by atoms with Gasteiger partial charge in [0, 0.05) is 5.57 Å². The van der Waals surface area contributed by atoms with Crippen molar-refractivity contribution >= 4 is 27.5 Å². The van der Waals surface area contributed by atoms with Gasteiger partial charge in [-0.3, -0.25) is 0 Å². The van der Waals surface area contributed by atoms with Gasteiger partial charge >= 0.3 is 5.97 Å². The van der Waals surface area contributed by atoms with Crippen molar-refractivity contribution in [2.45, 2.75) is 6.92 Å². The van der Waals surface area contributed by atoms with Gasteiger partial charge < -0.3 is 9.47 Å². The Morgan fingerprint density at radius 3 is 2.72 bits per heavy atom. The molecule has 0 saturated heterocycles. The molecule has 3 nitrogen and oxygen atoms in total. The van der Waals surface area contributed by atoms with Gasteiger partial charge in [-0.2, -0.15) is 0 Å². The zero-order chi connectivity index (χ0) is 13.5. The number of alkyl halides is 1. The average molecular weight is 317 g/mol. The third-order valence-corrected chi connectivity index (χ3v) is 3.07. The Hall–Kier alpha value is -1.36. The molecule has 0 aliphatic carbocycles. The maximum Gasteiger partial charge on any atom is 0.345 e. The van der Waals surface area contributed by atoms with Crippen molar-refractivity contribution in [1.29, 1.82) is 0 Å². The van der Waals surface area contributed by atoms with E-state index in [1.165, 1.54) is 7.11 Å². The van der Waals surface area contributed by atoms with Crippen LogP contribution in [0.1, 0.15) is 12.5 Å². The molecule has 0 aliphatic heterocycles. The molecule has 0 aliphatic rings. The Morgan fingerprint density at radius 2 is 2.17 bits per heavy atom. The molecule has 0 N–H and O–H groups in total. The minimum absolute atomic E-state index is 0.0973. The lowest BCUT2D eigenvalue weighted by Crippen LogP contribution is -2.06. The van der Waals surface area contributed by atoms with Gasteiger partial charge in [0.05, 0.1) is 13.7 Å². The van der Waals surface area contributed by atoms with Gasteiger partial charge in [-0.1, -0.05) is 12.1 Å². The molecule has 0 amide bonds. The largest absolute Gasteiger partial charge is 0.497 e. The Bertz CT molecular complexity index is 457. The predicted octanol–water partition coefficient (Wildman–Crippen LogP) is 3.33. The van der Waals surface area contributed by atoms with Crippen molar-refractivity contribution in [1.82, 2.24) is 0 Å². The summed E-state index contributed by atoms with van der Waals surface area (Å²) in [7, 11) is 1.53. The van der Waals surface area contributed by atoms with Crippen LogP contribution >= 0.6 is 15.9 Å². The zero-order valence-corrected chi connectivity index (χ0v) is 11.8. The second-order valence-corrected chi connectivity index (χ2v) is 4.17. The number of hydrogen-bond donors (Lipinski definition) is 0. The molecule has 0 heterocycles. The maximum absolute atomic E-state index is 13.1. The van der Waals surface area contributed by atoms with Crippen molar-refractivity contribution in [3.8, 4) is 5.75 Å². The van der Waals surface area contributed by atoms with E-state index in [4.69, 9.17) is 9.47 Å². The van der Waals surface area contributed by atoms with Crippen molar-refractivity contribution in [2.75, 3.05) is 20.4 Å². The molecule has 1 rings (SSSR count). The highest BCUT2D eigenvalue weighted by Gasteiger charge is 2.15. The number of carbonyl (C=O) groups is 1. The Kier molecular flexibility index (Phi) is 5.85. The van der Waals surface area contributed by atoms with Crippen LogP contribution in [0.15, 0.2) is 28.7 Å². The van der Waals surface area contributed by atoms with E-state index in [0.29, 0.717) is 11.3 Å². The minimum Gasteiger partial charge on any atom is -0.497 e. The number of esters is 1. The maximum atomic E-state index is 13.1. The molecule has 0 spiro atoms. The molecule has 5 heteroatoms. The molecule has 0 radical (unpaired) electrons. The normalized spacial score (nSPS) is 11.8. The Labute approximate surface area is 114 Å². The van der Waals surface area contributed by atoms with E-state index >= 15 is 0 Å². The molecule has 0 bridgehead atoms. The molecule has 0 fully saturated rings. The molecule has 0 unspecified atom stereocenters. The van der Waals surface area contributed by atoms with Crippen molar-refractivity contribution in [3.63, 3.8) is 0 Å². The van der Waals surface area contributed by atoms with Gasteiger partial charge in [0.25, 0.3) is 0 Å². The van der Waals surface area contributed by atoms with Crippen LogP contribution in [0.3, 0.4) is 0 Å². The van der Waals surface area contributed by atoms with Crippen molar-refractivity contribution in [2.24, 2.45) is 0 Å². The molecule has 0 atom stereocenters. The molecular weight excluding hydrogens is 303 g/mol. The van der Waals surface area contributed by atoms with E-state index < -0.39 is 12.6 Å². The van der Waals surface area contributed by atoms with Gasteiger partial charge in [-0.05, 0) is 40.5 Å². The molecule has 18 heavy (non-hydrogen) atoms. The summed E-state index contributed by atoms with van der Waals surface area (Å²) in [6.07, 6.45) is 0. The number of rotatable bonds is 5. The summed E-state index contributed by atoms with van der Waals surface area (Å²) in [5.41, 5.74) is 0.823. The van der Waals surface area contributed by atoms with Crippen LogP contribution < -0.4 is 4.74 Å². The lowest BCUT2D eigenvalue weighted by Gasteiger charge is -2.09. The number of ether oxygens (including phenoxy) is 2. The second kappa shape index (κ2) is 7.16. The number of benzene rings is 1. The van der Waals surface area contributed by atoms with E-state index in [0.717, 1.165) is 0 Å². The monoisotopic (exact) mass is 316 g/mol. The lowest BCUT2D eigenvalue weighted by atomic mass is 10.1. The highest BCUT2D eigenvalue weighted by atomic mass is 79.9. The second-order valence-electron chi connectivity index (χ2n) is 3.38. The standard InChI is InChI=1S/C13H14BrFO3/c1-3-18-13(16)12(14)11(8-15)9-5-4-6-10(7-9)17-2/h4-7H,3,8H2,1-2H3/b12-11+. The number of allylic oxidation sites excluding steroid dienone is 1. The SMILES string of the molecule is CCOC(=O)/C(Br)=C(/CF)c1cccc(OC)c1. The van der Waals surface area contributed by atoms with Crippen LogP contribution in [0.5, 0.6) is 5.75 Å². The fraction of sp³-hybridized carbons (Fsp3) is 0.308. The number of carbonyl (C=O) groups excluding carboxylic acids is 1. The Balaban J connectivity index is 3.15. The lowest BCUT2D eigenvalue weighted by molar-refractivity contribution is -0.137. The van der Waals surface area contributed by atoms with Crippen LogP contribution in [0.4, 0.5) is 4.39 Å². The van der Waals surface area contributed by atoms with Gasteiger partial charge in [0.15, 0.2) is 0 Å². The molecule has 0 saturated carbocycles. The van der Waals surface area contributed by atoms with E-state index in [-0.39, 0.29) is 16.7 Å². The van der Waals surface area contributed by atoms with E-state index in [1.54, 1.807) is 31.2 Å². The van der Waals surface area contributed by atoms with Gasteiger partial charge in [-0.15, -0.1) is 0 Å². The summed E-state index contributed by atoms with van der Waals surface area (Å²) in [6, 6.07) is 6.85. The minimum atomic E-state index is -0.771. The van der Waals surface area contributed by atoms with Crippen molar-refractivity contribution in [3.05, 3.63) is 34.3 Å². The summed E-state index contributed by atoms with van der Waals surface area (Å²) >= 11 is 3.08. The smallest absolute Gasteiger partial charge is 0.345 e. The highest BCUT2D eigenvalue weighted by molar-refractivity contribution is 9.12. The first-order valence-corrected chi connectivity index (χ1v) is 6.19. The van der Waals surface area contributed by atoms with Gasteiger partial charge in [-0.25, -0.2) is 9.18 Å². The van der Waals surface area contributed by atoms with Crippen LogP contribution in [0.2, 0.25) is 0 Å². The van der Waals surface area contributed by atoms with Gasteiger partial charge in [0.1, 0.15) is 16.9 Å². The zero-order valence-electron chi connectivity index (χ0n) is 10.2. The third-order valence-electron chi connectivity index (χ3n) is 2.27. The number of methoxy groups -OCH3 is 1. The molecule has 1 aromatic carbocycles. The summed E-state index contributed by atoms with van der Waals surface area (Å²) < 4.78 is 23.1. The van der Waals surface area contributed by atoms with Crippen LogP contribution in [-0.4, -0.2) is 26.4 Å². The number of halogens is 2. The molecular formula is C13H14BrFO3.